The zero-order chi connectivity index (χ0) is 17.6. The summed E-state index contributed by atoms with van der Waals surface area (Å²) < 4.78 is 6.50. The summed E-state index contributed by atoms with van der Waals surface area (Å²) in [4.78, 5) is 16.9. The predicted octanol–water partition coefficient (Wildman–Crippen LogP) is 5.29. The number of anilines is 1. The van der Waals surface area contributed by atoms with Crippen molar-refractivity contribution in [3.8, 4) is 5.75 Å². The number of aryl methyl sites for hydroxylation is 1. The summed E-state index contributed by atoms with van der Waals surface area (Å²) in [5.74, 6) is 0.685. The fraction of sp³-hybridized carbons (Fsp3) is 0.300. The lowest BCUT2D eigenvalue weighted by atomic mass is 10.1. The molecular weight excluding hydrogens is 332 g/mol. The summed E-state index contributed by atoms with van der Waals surface area (Å²) in [6.07, 6.45) is 3.39. The summed E-state index contributed by atoms with van der Waals surface area (Å²) in [6.45, 7) is 4.76. The van der Waals surface area contributed by atoms with E-state index in [2.05, 4.69) is 17.2 Å². The number of hydrogen-bond acceptors (Lipinski definition) is 4. The molecule has 0 radical (unpaired) electrons. The first-order valence-corrected chi connectivity index (χ1v) is 9.45. The molecule has 130 valence electrons. The second kappa shape index (κ2) is 8.12. The summed E-state index contributed by atoms with van der Waals surface area (Å²) >= 11 is 1.45. The number of fused-ring (bicyclic) bond motifs is 1. The Morgan fingerprint density at radius 3 is 2.68 bits per heavy atom. The van der Waals surface area contributed by atoms with Gasteiger partial charge in [0.05, 0.1) is 16.8 Å². The molecule has 0 fully saturated rings. The molecule has 2 aromatic carbocycles. The first kappa shape index (κ1) is 17.4. The van der Waals surface area contributed by atoms with Gasteiger partial charge in [-0.2, -0.15) is 0 Å². The second-order valence-electron chi connectivity index (χ2n) is 5.84. The third kappa shape index (κ3) is 4.37. The van der Waals surface area contributed by atoms with Crippen molar-refractivity contribution in [1.82, 2.24) is 4.98 Å². The highest BCUT2D eigenvalue weighted by molar-refractivity contribution is 7.22. The number of nitrogens with zero attached hydrogens (tertiary/aromatic N) is 1. The van der Waals surface area contributed by atoms with Crippen LogP contribution in [0.4, 0.5) is 5.13 Å². The average Bonchev–Trinajstić information content (AvgIpc) is 3.02. The highest BCUT2D eigenvalue weighted by atomic mass is 32.1. The van der Waals surface area contributed by atoms with E-state index in [1.165, 1.54) is 29.7 Å². The molecule has 0 bridgehead atoms. The monoisotopic (exact) mass is 354 g/mol. The number of aromatic nitrogens is 1. The van der Waals surface area contributed by atoms with Gasteiger partial charge >= 0.3 is 0 Å². The van der Waals surface area contributed by atoms with Crippen molar-refractivity contribution < 1.29 is 9.53 Å². The Morgan fingerprint density at radius 2 is 1.96 bits per heavy atom. The zero-order valence-corrected chi connectivity index (χ0v) is 15.4. The van der Waals surface area contributed by atoms with Crippen LogP contribution >= 0.6 is 11.3 Å². The van der Waals surface area contributed by atoms with E-state index < -0.39 is 0 Å². The maximum atomic E-state index is 12.4. The van der Waals surface area contributed by atoms with Gasteiger partial charge in [0.1, 0.15) is 5.75 Å². The van der Waals surface area contributed by atoms with Gasteiger partial charge in [-0.1, -0.05) is 36.8 Å². The number of benzene rings is 2. The van der Waals surface area contributed by atoms with Crippen molar-refractivity contribution >= 4 is 32.6 Å². The van der Waals surface area contributed by atoms with Gasteiger partial charge in [0.25, 0.3) is 5.91 Å². The lowest BCUT2D eigenvalue weighted by Gasteiger charge is -2.03. The molecule has 1 N–H and O–H groups in total. The molecule has 3 aromatic rings. The smallest absolute Gasteiger partial charge is 0.257 e. The second-order valence-corrected chi connectivity index (χ2v) is 6.87. The largest absolute Gasteiger partial charge is 0.494 e. The van der Waals surface area contributed by atoms with Crippen LogP contribution in [-0.4, -0.2) is 17.5 Å². The van der Waals surface area contributed by atoms with Gasteiger partial charge < -0.3 is 4.74 Å². The number of carbonyl (C=O) groups excluding carboxylic acids is 1. The van der Waals surface area contributed by atoms with E-state index in [0.717, 1.165) is 22.4 Å². The summed E-state index contributed by atoms with van der Waals surface area (Å²) in [5, 5.41) is 3.49. The third-order valence-electron chi connectivity index (χ3n) is 3.93. The molecule has 5 heteroatoms. The van der Waals surface area contributed by atoms with Gasteiger partial charge in [-0.3, -0.25) is 10.1 Å². The van der Waals surface area contributed by atoms with E-state index in [1.807, 2.05) is 49.4 Å². The number of unbranched alkanes of at least 4 members (excludes halogenated alkanes) is 1. The minimum atomic E-state index is -0.133. The molecule has 0 unspecified atom stereocenters. The number of ether oxygens (including phenoxy) is 1. The lowest BCUT2D eigenvalue weighted by molar-refractivity contribution is 0.102. The normalized spacial score (nSPS) is 10.8. The Morgan fingerprint density at radius 1 is 1.16 bits per heavy atom. The van der Waals surface area contributed by atoms with E-state index in [-0.39, 0.29) is 5.91 Å². The van der Waals surface area contributed by atoms with Gasteiger partial charge in [0, 0.05) is 5.56 Å². The van der Waals surface area contributed by atoms with Crippen LogP contribution in [0.1, 0.15) is 42.6 Å². The first-order valence-electron chi connectivity index (χ1n) is 8.63. The van der Waals surface area contributed by atoms with Crippen LogP contribution in [0, 0.1) is 0 Å². The molecule has 25 heavy (non-hydrogen) atoms. The van der Waals surface area contributed by atoms with Crippen molar-refractivity contribution in [3.05, 3.63) is 53.6 Å². The van der Waals surface area contributed by atoms with Gasteiger partial charge in [0.2, 0.25) is 0 Å². The standard InChI is InChI=1S/C20H22N2O2S/c1-3-5-6-14-7-9-15(10-8-14)19(23)22-20-21-17-12-11-16(24-4-2)13-18(17)25-20/h7-13H,3-6H2,1-2H3,(H,21,22,23). The predicted molar refractivity (Wildman–Crippen MR) is 104 cm³/mol. The topological polar surface area (TPSA) is 51.2 Å². The Hall–Kier alpha value is -2.40. The van der Waals surface area contributed by atoms with Crippen molar-refractivity contribution in [1.29, 1.82) is 0 Å². The van der Waals surface area contributed by atoms with E-state index in [0.29, 0.717) is 17.3 Å². The summed E-state index contributed by atoms with van der Waals surface area (Å²) in [6, 6.07) is 13.6. The van der Waals surface area contributed by atoms with Crippen LogP contribution in [0.25, 0.3) is 10.2 Å². The van der Waals surface area contributed by atoms with E-state index in [1.54, 1.807) is 0 Å². The van der Waals surface area contributed by atoms with E-state index in [9.17, 15) is 4.79 Å². The number of rotatable bonds is 7. The van der Waals surface area contributed by atoms with Crippen molar-refractivity contribution in [2.45, 2.75) is 33.1 Å². The maximum absolute atomic E-state index is 12.4. The first-order chi connectivity index (χ1) is 12.2. The number of nitrogens with one attached hydrogen (secondary N) is 1. The van der Waals surface area contributed by atoms with Gasteiger partial charge in [-0.15, -0.1) is 0 Å². The Labute approximate surface area is 151 Å². The molecule has 3 rings (SSSR count). The van der Waals surface area contributed by atoms with Gasteiger partial charge in [-0.05, 0) is 55.7 Å². The van der Waals surface area contributed by atoms with Crippen LogP contribution < -0.4 is 10.1 Å². The molecule has 0 spiro atoms. The van der Waals surface area contributed by atoms with Crippen molar-refractivity contribution in [2.24, 2.45) is 0 Å². The van der Waals surface area contributed by atoms with E-state index >= 15 is 0 Å². The Balaban J connectivity index is 1.70. The molecule has 1 heterocycles. The summed E-state index contributed by atoms with van der Waals surface area (Å²) in [5.41, 5.74) is 2.77. The van der Waals surface area contributed by atoms with E-state index in [4.69, 9.17) is 4.74 Å². The molecular formula is C20H22N2O2S. The van der Waals surface area contributed by atoms with Crippen molar-refractivity contribution in [3.63, 3.8) is 0 Å². The van der Waals surface area contributed by atoms with Crippen LogP contribution in [0.15, 0.2) is 42.5 Å². The molecule has 1 amide bonds. The molecule has 0 aliphatic rings. The van der Waals surface area contributed by atoms with Crippen LogP contribution in [0.5, 0.6) is 5.75 Å². The quantitative estimate of drug-likeness (QED) is 0.627. The van der Waals surface area contributed by atoms with Gasteiger partial charge in [0.15, 0.2) is 5.13 Å². The third-order valence-corrected chi connectivity index (χ3v) is 4.86. The maximum Gasteiger partial charge on any atom is 0.257 e. The van der Waals surface area contributed by atoms with Crippen molar-refractivity contribution in [2.75, 3.05) is 11.9 Å². The number of thiazole rings is 1. The molecule has 0 saturated heterocycles. The van der Waals surface area contributed by atoms with Crippen LogP contribution in [-0.2, 0) is 6.42 Å². The molecule has 0 atom stereocenters. The molecule has 1 aromatic heterocycles. The lowest BCUT2D eigenvalue weighted by Crippen LogP contribution is -2.11. The molecule has 0 aliphatic carbocycles. The van der Waals surface area contributed by atoms with Gasteiger partial charge in [-0.25, -0.2) is 4.98 Å². The fourth-order valence-electron chi connectivity index (χ4n) is 2.59. The Kier molecular flexibility index (Phi) is 5.66. The SMILES string of the molecule is CCCCc1ccc(C(=O)Nc2nc3ccc(OCC)cc3s2)cc1. The Bertz CT molecular complexity index is 856. The van der Waals surface area contributed by atoms with Crippen LogP contribution in [0.2, 0.25) is 0 Å². The average molecular weight is 354 g/mol. The number of amides is 1. The zero-order valence-electron chi connectivity index (χ0n) is 14.5. The molecule has 0 aliphatic heterocycles. The molecule has 0 saturated carbocycles. The number of carbonyl (C=O) groups is 1. The number of hydrogen-bond donors (Lipinski definition) is 1. The van der Waals surface area contributed by atoms with Crippen LogP contribution in [0.3, 0.4) is 0 Å². The minimum Gasteiger partial charge on any atom is -0.494 e. The highest BCUT2D eigenvalue weighted by Crippen LogP contribution is 2.29. The highest BCUT2D eigenvalue weighted by Gasteiger charge is 2.10. The molecule has 4 nitrogen and oxygen atoms in total. The minimum absolute atomic E-state index is 0.133. The fourth-order valence-corrected chi connectivity index (χ4v) is 3.48. The summed E-state index contributed by atoms with van der Waals surface area (Å²) in [7, 11) is 0.